The van der Waals surface area contributed by atoms with E-state index < -0.39 is 0 Å². The summed E-state index contributed by atoms with van der Waals surface area (Å²) in [7, 11) is 0. The van der Waals surface area contributed by atoms with Gasteiger partial charge in [-0.05, 0) is 30.9 Å². The van der Waals surface area contributed by atoms with Crippen molar-refractivity contribution in [1.29, 1.82) is 0 Å². The number of hydrogen-bond donors (Lipinski definition) is 0. The van der Waals surface area contributed by atoms with Gasteiger partial charge in [0, 0.05) is 9.82 Å². The molecule has 1 unspecified atom stereocenters. The molecule has 1 saturated carbocycles. The monoisotopic (exact) mass is 265 g/mol. The van der Waals surface area contributed by atoms with Gasteiger partial charge in [-0.15, -0.1) is 11.8 Å². The first-order valence-corrected chi connectivity index (χ1v) is 7.47. The van der Waals surface area contributed by atoms with Gasteiger partial charge < -0.3 is 0 Å². The van der Waals surface area contributed by atoms with Crippen LogP contribution in [0.2, 0.25) is 0 Å². The minimum Gasteiger partial charge on any atom is -0.265 e. The summed E-state index contributed by atoms with van der Waals surface area (Å²) in [5, 5.41) is 11.0. The molecule has 0 N–H and O–H groups in total. The Morgan fingerprint density at radius 2 is 1.89 bits per heavy atom. The van der Waals surface area contributed by atoms with Crippen LogP contribution < -0.4 is 0 Å². The van der Waals surface area contributed by atoms with Crippen molar-refractivity contribution in [2.75, 3.05) is 6.54 Å². The molecular weight excluding hydrogens is 246 g/mol. The van der Waals surface area contributed by atoms with Crippen molar-refractivity contribution in [3.05, 3.63) is 40.4 Å². The van der Waals surface area contributed by atoms with Gasteiger partial charge in [0.1, 0.15) is 0 Å². The van der Waals surface area contributed by atoms with Crippen LogP contribution in [-0.2, 0) is 0 Å². The van der Waals surface area contributed by atoms with Crippen molar-refractivity contribution < 1.29 is 4.92 Å². The number of thioether (sulfide) groups is 1. The summed E-state index contributed by atoms with van der Waals surface area (Å²) >= 11 is 1.68. The van der Waals surface area contributed by atoms with E-state index >= 15 is 0 Å². The van der Waals surface area contributed by atoms with E-state index in [0.29, 0.717) is 5.92 Å². The normalized spacial score (nSPS) is 18.4. The number of rotatable bonds is 5. The topological polar surface area (TPSA) is 43.1 Å². The lowest BCUT2D eigenvalue weighted by molar-refractivity contribution is -0.480. The summed E-state index contributed by atoms with van der Waals surface area (Å²) in [5.74, 6) is 0.509. The van der Waals surface area contributed by atoms with Crippen LogP contribution >= 0.6 is 11.8 Å². The quantitative estimate of drug-likeness (QED) is 0.459. The molecule has 0 radical (unpaired) electrons. The van der Waals surface area contributed by atoms with E-state index in [1.807, 2.05) is 30.3 Å². The summed E-state index contributed by atoms with van der Waals surface area (Å²) in [6.45, 7) is 0.0875. The molecule has 4 heteroatoms. The molecule has 0 saturated heterocycles. The largest absolute Gasteiger partial charge is 0.265 e. The van der Waals surface area contributed by atoms with Crippen molar-refractivity contribution in [2.24, 2.45) is 5.92 Å². The van der Waals surface area contributed by atoms with Gasteiger partial charge in [-0.25, -0.2) is 0 Å². The Hall–Kier alpha value is -1.03. The fraction of sp³-hybridized carbons (Fsp3) is 0.571. The molecule has 1 fully saturated rings. The predicted octanol–water partition coefficient (Wildman–Crippen LogP) is 4.00. The Kier molecular flexibility index (Phi) is 5.05. The number of nitro groups is 1. The van der Waals surface area contributed by atoms with Crippen LogP contribution in [0.25, 0.3) is 0 Å². The highest BCUT2D eigenvalue weighted by atomic mass is 32.2. The zero-order valence-electron chi connectivity index (χ0n) is 10.5. The molecular formula is C14H19NO2S. The van der Waals surface area contributed by atoms with Gasteiger partial charge in [0.2, 0.25) is 6.54 Å². The maximum absolute atomic E-state index is 10.8. The molecule has 18 heavy (non-hydrogen) atoms. The van der Waals surface area contributed by atoms with E-state index in [9.17, 15) is 10.1 Å². The molecule has 1 atom stereocenters. The molecule has 2 rings (SSSR count). The van der Waals surface area contributed by atoms with Gasteiger partial charge in [-0.1, -0.05) is 37.5 Å². The fourth-order valence-electron chi connectivity index (χ4n) is 2.61. The van der Waals surface area contributed by atoms with Crippen molar-refractivity contribution in [3.8, 4) is 0 Å². The molecule has 0 amide bonds. The van der Waals surface area contributed by atoms with Crippen molar-refractivity contribution in [2.45, 2.75) is 42.2 Å². The van der Waals surface area contributed by atoms with E-state index in [2.05, 4.69) is 0 Å². The first kappa shape index (κ1) is 13.4. The molecule has 0 heterocycles. The average Bonchev–Trinajstić information content (AvgIpc) is 2.40. The highest BCUT2D eigenvalue weighted by Gasteiger charge is 2.28. The average molecular weight is 265 g/mol. The van der Waals surface area contributed by atoms with E-state index in [1.54, 1.807) is 11.8 Å². The summed E-state index contributed by atoms with van der Waals surface area (Å²) < 4.78 is 0. The SMILES string of the molecule is O=[N+]([O-])CC(Sc1ccccc1)C1CCCCC1. The molecule has 98 valence electrons. The van der Waals surface area contributed by atoms with Crippen LogP contribution in [-0.4, -0.2) is 16.7 Å². The summed E-state index contributed by atoms with van der Waals surface area (Å²) in [4.78, 5) is 11.8. The number of benzene rings is 1. The van der Waals surface area contributed by atoms with E-state index in [4.69, 9.17) is 0 Å². The Balaban J connectivity index is 2.02. The van der Waals surface area contributed by atoms with Gasteiger partial charge in [0.25, 0.3) is 0 Å². The number of hydrogen-bond acceptors (Lipinski definition) is 3. The van der Waals surface area contributed by atoms with Crippen LogP contribution in [0.3, 0.4) is 0 Å². The van der Waals surface area contributed by atoms with E-state index in [0.717, 1.165) is 17.7 Å². The molecule has 1 aliphatic rings. The molecule has 3 nitrogen and oxygen atoms in total. The van der Waals surface area contributed by atoms with Crippen LogP contribution in [0.15, 0.2) is 35.2 Å². The molecule has 0 spiro atoms. The second kappa shape index (κ2) is 6.78. The third-order valence-electron chi connectivity index (χ3n) is 3.54. The zero-order chi connectivity index (χ0) is 12.8. The minimum absolute atomic E-state index is 0.0875. The Morgan fingerprint density at radius 1 is 1.22 bits per heavy atom. The van der Waals surface area contributed by atoms with E-state index in [1.165, 1.54) is 19.3 Å². The maximum atomic E-state index is 10.8. The van der Waals surface area contributed by atoms with Gasteiger partial charge in [0.15, 0.2) is 0 Å². The summed E-state index contributed by atoms with van der Waals surface area (Å²) in [6.07, 6.45) is 6.05. The maximum Gasteiger partial charge on any atom is 0.216 e. The van der Waals surface area contributed by atoms with Gasteiger partial charge in [-0.3, -0.25) is 10.1 Å². The van der Waals surface area contributed by atoms with Crippen molar-refractivity contribution >= 4 is 11.8 Å². The summed E-state index contributed by atoms with van der Waals surface area (Å²) in [5.41, 5.74) is 0. The molecule has 0 aromatic heterocycles. The Labute approximate surface area is 112 Å². The van der Waals surface area contributed by atoms with Crippen LogP contribution in [0.1, 0.15) is 32.1 Å². The smallest absolute Gasteiger partial charge is 0.216 e. The van der Waals surface area contributed by atoms with Crippen LogP contribution in [0.4, 0.5) is 0 Å². The number of nitrogens with zero attached hydrogens (tertiary/aromatic N) is 1. The summed E-state index contributed by atoms with van der Waals surface area (Å²) in [6, 6.07) is 10.0. The standard InChI is InChI=1S/C14H19NO2S/c16-15(17)11-14(12-7-3-1-4-8-12)18-13-9-5-2-6-10-13/h2,5-6,9-10,12,14H,1,3-4,7-8,11H2. The Morgan fingerprint density at radius 3 is 2.50 bits per heavy atom. The second-order valence-corrected chi connectivity index (χ2v) is 6.20. The van der Waals surface area contributed by atoms with Crippen LogP contribution in [0, 0.1) is 16.0 Å². The minimum atomic E-state index is -0.158. The zero-order valence-corrected chi connectivity index (χ0v) is 11.3. The molecule has 1 aromatic carbocycles. The first-order valence-electron chi connectivity index (χ1n) is 6.59. The second-order valence-electron chi connectivity index (χ2n) is 4.88. The lowest BCUT2D eigenvalue weighted by atomic mass is 9.87. The van der Waals surface area contributed by atoms with E-state index in [-0.39, 0.29) is 16.7 Å². The molecule has 0 bridgehead atoms. The Bertz CT molecular complexity index is 377. The van der Waals surface area contributed by atoms with Crippen molar-refractivity contribution in [1.82, 2.24) is 0 Å². The van der Waals surface area contributed by atoms with Crippen molar-refractivity contribution in [3.63, 3.8) is 0 Å². The lowest BCUT2D eigenvalue weighted by Crippen LogP contribution is -2.27. The third-order valence-corrected chi connectivity index (χ3v) is 4.92. The molecule has 0 aliphatic heterocycles. The van der Waals surface area contributed by atoms with Gasteiger partial charge in [0.05, 0.1) is 5.25 Å². The van der Waals surface area contributed by atoms with Gasteiger partial charge >= 0.3 is 0 Å². The predicted molar refractivity (Wildman–Crippen MR) is 74.5 cm³/mol. The van der Waals surface area contributed by atoms with Gasteiger partial charge in [-0.2, -0.15) is 0 Å². The first-order chi connectivity index (χ1) is 8.75. The highest BCUT2D eigenvalue weighted by molar-refractivity contribution is 8.00. The molecule has 1 aliphatic carbocycles. The lowest BCUT2D eigenvalue weighted by Gasteiger charge is -2.27. The highest BCUT2D eigenvalue weighted by Crippen LogP contribution is 2.36. The van der Waals surface area contributed by atoms with Crippen LogP contribution in [0.5, 0.6) is 0 Å². The third kappa shape index (κ3) is 4.02. The molecule has 1 aromatic rings. The fourth-order valence-corrected chi connectivity index (χ4v) is 3.93.